The van der Waals surface area contributed by atoms with E-state index in [0.29, 0.717) is 36.6 Å². The molecule has 0 unspecified atom stereocenters. The Hall–Kier alpha value is -1.53. The predicted molar refractivity (Wildman–Crippen MR) is 87.3 cm³/mol. The Bertz CT molecular complexity index is 528. The number of benzene rings is 1. The summed E-state index contributed by atoms with van der Waals surface area (Å²) < 4.78 is 4.89. The van der Waals surface area contributed by atoms with Gasteiger partial charge < -0.3 is 15.0 Å². The normalized spacial score (nSPS) is 15.6. The summed E-state index contributed by atoms with van der Waals surface area (Å²) in [6.07, 6.45) is 1.93. The first-order chi connectivity index (χ1) is 10.6. The zero-order chi connectivity index (χ0) is 15.9. The number of carbonyl (C=O) groups excluding carboxylic acids is 2. The van der Waals surface area contributed by atoms with Gasteiger partial charge in [0.05, 0.1) is 12.2 Å². The third-order valence-corrected chi connectivity index (χ3v) is 4.20. The lowest BCUT2D eigenvalue weighted by Gasteiger charge is -2.32. The summed E-state index contributed by atoms with van der Waals surface area (Å²) in [7, 11) is 1.58. The fourth-order valence-electron chi connectivity index (χ4n) is 2.55. The van der Waals surface area contributed by atoms with Crippen molar-refractivity contribution < 1.29 is 14.3 Å². The molecule has 5 nitrogen and oxygen atoms in total. The van der Waals surface area contributed by atoms with Crippen LogP contribution in [0.5, 0.6) is 0 Å². The van der Waals surface area contributed by atoms with Gasteiger partial charge in [-0.15, -0.1) is 12.6 Å². The second-order valence-electron chi connectivity index (χ2n) is 5.39. The van der Waals surface area contributed by atoms with Crippen LogP contribution in [0.15, 0.2) is 29.2 Å². The van der Waals surface area contributed by atoms with Gasteiger partial charge in [-0.05, 0) is 25.0 Å². The highest BCUT2D eigenvalue weighted by molar-refractivity contribution is 7.80. The molecule has 0 aliphatic carbocycles. The molecule has 1 heterocycles. The van der Waals surface area contributed by atoms with Crippen LogP contribution in [0.4, 0.5) is 0 Å². The number of thiol groups is 1. The number of piperidine rings is 1. The van der Waals surface area contributed by atoms with Gasteiger partial charge in [-0.3, -0.25) is 9.59 Å². The smallest absolute Gasteiger partial charge is 0.254 e. The van der Waals surface area contributed by atoms with Crippen molar-refractivity contribution in [3.05, 3.63) is 29.8 Å². The molecule has 0 atom stereocenters. The molecule has 1 aliphatic heterocycles. The molecular weight excluding hydrogens is 300 g/mol. The molecule has 120 valence electrons. The molecule has 0 spiro atoms. The predicted octanol–water partition coefficient (Wildman–Crippen LogP) is 1.73. The van der Waals surface area contributed by atoms with Gasteiger partial charge in [0.2, 0.25) is 5.91 Å². The minimum absolute atomic E-state index is 0.00679. The molecular formula is C16H22N2O3S. The van der Waals surface area contributed by atoms with E-state index in [0.717, 1.165) is 12.8 Å². The number of hydrogen-bond acceptors (Lipinski definition) is 4. The van der Waals surface area contributed by atoms with Crippen molar-refractivity contribution in [2.75, 3.05) is 26.8 Å². The van der Waals surface area contributed by atoms with E-state index in [1.54, 1.807) is 13.2 Å². The fraction of sp³-hybridized carbons (Fsp3) is 0.500. The van der Waals surface area contributed by atoms with Gasteiger partial charge in [0, 0.05) is 37.6 Å². The number of ether oxygens (including phenoxy) is 1. The summed E-state index contributed by atoms with van der Waals surface area (Å²) in [5, 5.41) is 2.99. The van der Waals surface area contributed by atoms with E-state index in [4.69, 9.17) is 4.74 Å². The molecule has 2 rings (SSSR count). The Kier molecular flexibility index (Phi) is 6.27. The van der Waals surface area contributed by atoms with Gasteiger partial charge in [-0.1, -0.05) is 12.1 Å². The van der Waals surface area contributed by atoms with Crippen LogP contribution in [-0.4, -0.2) is 49.6 Å². The van der Waals surface area contributed by atoms with Gasteiger partial charge >= 0.3 is 0 Å². The number of carbonyl (C=O) groups is 2. The van der Waals surface area contributed by atoms with E-state index in [-0.39, 0.29) is 17.9 Å². The Morgan fingerprint density at radius 2 is 2.00 bits per heavy atom. The van der Waals surface area contributed by atoms with E-state index >= 15 is 0 Å². The first kappa shape index (κ1) is 16.8. The van der Waals surface area contributed by atoms with Crippen LogP contribution < -0.4 is 5.32 Å². The molecule has 0 bridgehead atoms. The SMILES string of the molecule is COCCC(=O)NC1CCN(C(=O)c2ccccc2S)CC1. The maximum Gasteiger partial charge on any atom is 0.254 e. The second-order valence-corrected chi connectivity index (χ2v) is 5.88. The van der Waals surface area contributed by atoms with Crippen LogP contribution in [-0.2, 0) is 9.53 Å². The van der Waals surface area contributed by atoms with E-state index in [9.17, 15) is 9.59 Å². The molecule has 0 aromatic heterocycles. The van der Waals surface area contributed by atoms with Crippen molar-refractivity contribution in [3.8, 4) is 0 Å². The summed E-state index contributed by atoms with van der Waals surface area (Å²) >= 11 is 4.34. The Balaban J connectivity index is 1.83. The first-order valence-corrected chi connectivity index (χ1v) is 7.92. The molecule has 1 aliphatic rings. The molecule has 1 aromatic carbocycles. The van der Waals surface area contributed by atoms with E-state index in [1.807, 2.05) is 23.1 Å². The molecule has 1 fully saturated rings. The van der Waals surface area contributed by atoms with E-state index in [2.05, 4.69) is 17.9 Å². The van der Waals surface area contributed by atoms with Crippen LogP contribution in [0.3, 0.4) is 0 Å². The first-order valence-electron chi connectivity index (χ1n) is 7.47. The quantitative estimate of drug-likeness (QED) is 0.812. The summed E-state index contributed by atoms with van der Waals surface area (Å²) in [5.74, 6) is 0.0158. The molecule has 0 radical (unpaired) electrons. The van der Waals surface area contributed by atoms with Crippen LogP contribution >= 0.6 is 12.6 Å². The average molecular weight is 322 g/mol. The van der Waals surface area contributed by atoms with Crippen LogP contribution in [0.2, 0.25) is 0 Å². The van der Waals surface area contributed by atoms with Crippen molar-refractivity contribution in [3.63, 3.8) is 0 Å². The number of likely N-dealkylation sites (tertiary alicyclic amines) is 1. The number of methoxy groups -OCH3 is 1. The van der Waals surface area contributed by atoms with E-state index in [1.165, 1.54) is 0 Å². The number of rotatable bonds is 5. The highest BCUT2D eigenvalue weighted by atomic mass is 32.1. The molecule has 0 saturated carbocycles. The largest absolute Gasteiger partial charge is 0.384 e. The minimum Gasteiger partial charge on any atom is -0.384 e. The lowest BCUT2D eigenvalue weighted by atomic mass is 10.0. The van der Waals surface area contributed by atoms with Crippen LogP contribution in [0, 0.1) is 0 Å². The molecule has 1 saturated heterocycles. The standard InChI is InChI=1S/C16H22N2O3S/c1-21-11-8-15(19)17-12-6-9-18(10-7-12)16(20)13-4-2-3-5-14(13)22/h2-5,12,22H,6-11H2,1H3,(H,17,19). The molecule has 6 heteroatoms. The summed E-state index contributed by atoms with van der Waals surface area (Å²) in [6.45, 7) is 1.73. The van der Waals surface area contributed by atoms with Crippen molar-refractivity contribution in [2.45, 2.75) is 30.2 Å². The zero-order valence-electron chi connectivity index (χ0n) is 12.7. The lowest BCUT2D eigenvalue weighted by Crippen LogP contribution is -2.46. The summed E-state index contributed by atoms with van der Waals surface area (Å²) in [4.78, 5) is 26.7. The molecule has 1 aromatic rings. The third-order valence-electron chi connectivity index (χ3n) is 3.81. The highest BCUT2D eigenvalue weighted by Gasteiger charge is 2.25. The molecule has 1 N–H and O–H groups in total. The van der Waals surface area contributed by atoms with Gasteiger partial charge in [-0.25, -0.2) is 0 Å². The maximum atomic E-state index is 12.5. The Labute approximate surface area is 136 Å². The number of hydrogen-bond donors (Lipinski definition) is 2. The lowest BCUT2D eigenvalue weighted by molar-refractivity contribution is -0.122. The van der Waals surface area contributed by atoms with Crippen LogP contribution in [0.25, 0.3) is 0 Å². The van der Waals surface area contributed by atoms with E-state index < -0.39 is 0 Å². The molecule has 2 amide bonds. The maximum absolute atomic E-state index is 12.5. The van der Waals surface area contributed by atoms with Gasteiger partial charge in [-0.2, -0.15) is 0 Å². The second kappa shape index (κ2) is 8.19. The van der Waals surface area contributed by atoms with Gasteiger partial charge in [0.25, 0.3) is 5.91 Å². The van der Waals surface area contributed by atoms with Crippen molar-refractivity contribution in [2.24, 2.45) is 0 Å². The number of nitrogens with one attached hydrogen (secondary N) is 1. The number of nitrogens with zero attached hydrogens (tertiary/aromatic N) is 1. The summed E-state index contributed by atoms with van der Waals surface area (Å²) in [6, 6.07) is 7.46. The van der Waals surface area contributed by atoms with Crippen molar-refractivity contribution in [1.82, 2.24) is 10.2 Å². The van der Waals surface area contributed by atoms with Gasteiger partial charge in [0.15, 0.2) is 0 Å². The van der Waals surface area contributed by atoms with Gasteiger partial charge in [0.1, 0.15) is 0 Å². The monoisotopic (exact) mass is 322 g/mol. The minimum atomic E-state index is 0.00679. The highest BCUT2D eigenvalue weighted by Crippen LogP contribution is 2.18. The molecule has 22 heavy (non-hydrogen) atoms. The Morgan fingerprint density at radius 3 is 2.64 bits per heavy atom. The third kappa shape index (κ3) is 4.48. The summed E-state index contributed by atoms with van der Waals surface area (Å²) in [5.41, 5.74) is 0.633. The van der Waals surface area contributed by atoms with Crippen molar-refractivity contribution >= 4 is 24.4 Å². The zero-order valence-corrected chi connectivity index (χ0v) is 13.6. The van der Waals surface area contributed by atoms with Crippen LogP contribution in [0.1, 0.15) is 29.6 Å². The fourth-order valence-corrected chi connectivity index (χ4v) is 2.80. The van der Waals surface area contributed by atoms with Crippen molar-refractivity contribution in [1.29, 1.82) is 0 Å². The number of amides is 2. The average Bonchev–Trinajstić information content (AvgIpc) is 2.53. The topological polar surface area (TPSA) is 58.6 Å². The Morgan fingerprint density at radius 1 is 1.32 bits per heavy atom.